The van der Waals surface area contributed by atoms with Crippen LogP contribution >= 0.6 is 0 Å². The second-order valence-electron chi connectivity index (χ2n) is 4.16. The standard InChI is InChI=1S/C16H13NO4/c1-4-16(20)21-14-6-5-12(13(7-14)9-17)8-15(10(2)18)11(3)19/h4-8H,1H2,2-3H3. The van der Waals surface area contributed by atoms with Crippen molar-refractivity contribution in [3.05, 3.63) is 47.6 Å². The van der Waals surface area contributed by atoms with Gasteiger partial charge in [-0.15, -0.1) is 0 Å². The van der Waals surface area contributed by atoms with Crippen LogP contribution in [-0.2, 0) is 14.4 Å². The minimum absolute atomic E-state index is 0.00216. The lowest BCUT2D eigenvalue weighted by Crippen LogP contribution is -2.06. The first kappa shape index (κ1) is 16.1. The highest BCUT2D eigenvalue weighted by Crippen LogP contribution is 2.20. The Morgan fingerprint density at radius 1 is 1.24 bits per heavy atom. The predicted octanol–water partition coefficient (Wildman–Crippen LogP) is 2.21. The smallest absolute Gasteiger partial charge is 0.335 e. The van der Waals surface area contributed by atoms with Gasteiger partial charge in [0.05, 0.1) is 17.2 Å². The van der Waals surface area contributed by atoms with Crippen LogP contribution in [0, 0.1) is 11.3 Å². The molecule has 0 saturated heterocycles. The molecular weight excluding hydrogens is 270 g/mol. The van der Waals surface area contributed by atoms with E-state index in [0.717, 1.165) is 6.08 Å². The van der Waals surface area contributed by atoms with Gasteiger partial charge in [-0.25, -0.2) is 4.79 Å². The van der Waals surface area contributed by atoms with E-state index >= 15 is 0 Å². The minimum atomic E-state index is -0.643. The predicted molar refractivity (Wildman–Crippen MR) is 76.3 cm³/mol. The number of Topliss-reactive ketones (excluding diaryl/α,β-unsaturated/α-hetero) is 2. The Balaban J connectivity index is 3.27. The van der Waals surface area contributed by atoms with E-state index < -0.39 is 5.97 Å². The molecule has 0 unspecified atom stereocenters. The molecule has 1 aromatic carbocycles. The summed E-state index contributed by atoms with van der Waals surface area (Å²) in [5, 5.41) is 9.11. The Hall–Kier alpha value is -3.00. The molecule has 5 heteroatoms. The average Bonchev–Trinajstić information content (AvgIpc) is 2.44. The van der Waals surface area contributed by atoms with Gasteiger partial charge in [0, 0.05) is 6.08 Å². The second kappa shape index (κ2) is 6.96. The Morgan fingerprint density at radius 3 is 2.33 bits per heavy atom. The number of hydrogen-bond donors (Lipinski definition) is 0. The third-order valence-corrected chi connectivity index (χ3v) is 2.59. The van der Waals surface area contributed by atoms with Crippen molar-refractivity contribution in [2.75, 3.05) is 0 Å². The van der Waals surface area contributed by atoms with E-state index in [9.17, 15) is 14.4 Å². The van der Waals surface area contributed by atoms with Gasteiger partial charge in [-0.2, -0.15) is 5.26 Å². The number of ether oxygens (including phenoxy) is 1. The van der Waals surface area contributed by atoms with Gasteiger partial charge in [0.25, 0.3) is 0 Å². The summed E-state index contributed by atoms with van der Waals surface area (Å²) in [6.45, 7) is 5.83. The molecule has 0 aliphatic carbocycles. The maximum atomic E-state index is 11.4. The summed E-state index contributed by atoms with van der Waals surface area (Å²) in [4.78, 5) is 33.9. The van der Waals surface area contributed by atoms with Crippen LogP contribution in [0.1, 0.15) is 25.0 Å². The van der Waals surface area contributed by atoms with Gasteiger partial charge in [0.2, 0.25) is 0 Å². The van der Waals surface area contributed by atoms with Crippen LogP contribution in [0.4, 0.5) is 0 Å². The number of carbonyl (C=O) groups excluding carboxylic acids is 3. The van der Waals surface area contributed by atoms with Crippen LogP contribution in [-0.4, -0.2) is 17.5 Å². The van der Waals surface area contributed by atoms with Crippen molar-refractivity contribution in [2.24, 2.45) is 0 Å². The maximum Gasteiger partial charge on any atom is 0.335 e. The Morgan fingerprint density at radius 2 is 1.86 bits per heavy atom. The van der Waals surface area contributed by atoms with Gasteiger partial charge in [0.1, 0.15) is 5.75 Å². The zero-order chi connectivity index (χ0) is 16.0. The number of allylic oxidation sites excluding steroid dienone is 1. The van der Waals surface area contributed by atoms with Crippen LogP contribution in [0.3, 0.4) is 0 Å². The van der Waals surface area contributed by atoms with Crippen molar-refractivity contribution in [2.45, 2.75) is 13.8 Å². The first-order valence-corrected chi connectivity index (χ1v) is 6.01. The van der Waals surface area contributed by atoms with Gasteiger partial charge in [-0.05, 0) is 43.7 Å². The van der Waals surface area contributed by atoms with Gasteiger partial charge < -0.3 is 4.74 Å². The van der Waals surface area contributed by atoms with Gasteiger partial charge >= 0.3 is 5.97 Å². The highest BCUT2D eigenvalue weighted by molar-refractivity contribution is 6.21. The van der Waals surface area contributed by atoms with E-state index in [1.54, 1.807) is 0 Å². The molecule has 5 nitrogen and oxygen atoms in total. The lowest BCUT2D eigenvalue weighted by atomic mass is 10.0. The van der Waals surface area contributed by atoms with Crippen molar-refractivity contribution in [1.29, 1.82) is 5.26 Å². The molecule has 0 aromatic heterocycles. The van der Waals surface area contributed by atoms with Gasteiger partial charge in [0.15, 0.2) is 11.6 Å². The number of ketones is 2. The van der Waals surface area contributed by atoms with E-state index in [-0.39, 0.29) is 28.5 Å². The highest BCUT2D eigenvalue weighted by Gasteiger charge is 2.12. The molecule has 0 aliphatic rings. The van der Waals surface area contributed by atoms with Gasteiger partial charge in [-0.3, -0.25) is 9.59 Å². The Kier molecular flexibility index (Phi) is 5.32. The molecule has 0 atom stereocenters. The molecule has 1 rings (SSSR count). The van der Waals surface area contributed by atoms with Crippen molar-refractivity contribution >= 4 is 23.6 Å². The molecule has 0 bridgehead atoms. The van der Waals surface area contributed by atoms with E-state index in [1.165, 1.54) is 38.1 Å². The summed E-state index contributed by atoms with van der Waals surface area (Å²) >= 11 is 0. The fraction of sp³-hybridized carbons (Fsp3) is 0.125. The summed E-state index contributed by atoms with van der Waals surface area (Å²) in [6.07, 6.45) is 2.35. The van der Waals surface area contributed by atoms with E-state index in [0.29, 0.717) is 5.56 Å². The first-order valence-electron chi connectivity index (χ1n) is 6.01. The number of esters is 1. The van der Waals surface area contributed by atoms with Gasteiger partial charge in [-0.1, -0.05) is 6.58 Å². The van der Waals surface area contributed by atoms with Crippen LogP contribution in [0.15, 0.2) is 36.4 Å². The number of benzene rings is 1. The zero-order valence-corrected chi connectivity index (χ0v) is 11.7. The van der Waals surface area contributed by atoms with E-state index in [4.69, 9.17) is 10.00 Å². The highest BCUT2D eigenvalue weighted by atomic mass is 16.5. The molecule has 0 saturated carbocycles. The molecular formula is C16H13NO4. The van der Waals surface area contributed by atoms with Crippen molar-refractivity contribution in [1.82, 2.24) is 0 Å². The van der Waals surface area contributed by atoms with Crippen molar-refractivity contribution in [3.8, 4) is 11.8 Å². The fourth-order valence-corrected chi connectivity index (χ4v) is 1.59. The summed E-state index contributed by atoms with van der Waals surface area (Å²) < 4.78 is 4.90. The quantitative estimate of drug-likeness (QED) is 0.272. The van der Waals surface area contributed by atoms with Crippen molar-refractivity contribution < 1.29 is 19.1 Å². The third-order valence-electron chi connectivity index (χ3n) is 2.59. The lowest BCUT2D eigenvalue weighted by Gasteiger charge is -2.05. The number of rotatable bonds is 5. The molecule has 106 valence electrons. The Bertz CT molecular complexity index is 677. The summed E-state index contributed by atoms with van der Waals surface area (Å²) in [7, 11) is 0. The van der Waals surface area contributed by atoms with E-state index in [1.807, 2.05) is 6.07 Å². The first-order chi connectivity index (χ1) is 9.88. The monoisotopic (exact) mass is 283 g/mol. The molecule has 0 fully saturated rings. The van der Waals surface area contributed by atoms with Crippen molar-refractivity contribution in [3.63, 3.8) is 0 Å². The summed E-state index contributed by atoms with van der Waals surface area (Å²) in [5.41, 5.74) is 0.586. The summed E-state index contributed by atoms with van der Waals surface area (Å²) in [5.74, 6) is -1.22. The lowest BCUT2D eigenvalue weighted by molar-refractivity contribution is -0.129. The molecule has 21 heavy (non-hydrogen) atoms. The molecule has 1 aromatic rings. The van der Waals surface area contributed by atoms with Crippen LogP contribution in [0.2, 0.25) is 0 Å². The molecule has 0 spiro atoms. The number of nitrogens with zero attached hydrogens (tertiary/aromatic N) is 1. The fourth-order valence-electron chi connectivity index (χ4n) is 1.59. The number of hydrogen-bond acceptors (Lipinski definition) is 5. The zero-order valence-electron chi connectivity index (χ0n) is 11.7. The Labute approximate surface area is 122 Å². The largest absolute Gasteiger partial charge is 0.423 e. The number of carbonyl (C=O) groups is 3. The average molecular weight is 283 g/mol. The molecule has 0 heterocycles. The minimum Gasteiger partial charge on any atom is -0.423 e. The summed E-state index contributed by atoms with van der Waals surface area (Å²) in [6, 6.07) is 6.24. The van der Waals surface area contributed by atoms with Crippen LogP contribution in [0.25, 0.3) is 6.08 Å². The normalized spacial score (nSPS) is 9.19. The number of nitriles is 1. The SMILES string of the molecule is C=CC(=O)Oc1ccc(C=C(C(C)=O)C(C)=O)c(C#N)c1. The second-order valence-corrected chi connectivity index (χ2v) is 4.16. The molecule has 0 radical (unpaired) electrons. The molecule has 0 aliphatic heterocycles. The maximum absolute atomic E-state index is 11.4. The van der Waals surface area contributed by atoms with E-state index in [2.05, 4.69) is 6.58 Å². The molecule has 0 N–H and O–H groups in total. The third kappa shape index (κ3) is 4.25. The topological polar surface area (TPSA) is 84.2 Å². The van der Waals surface area contributed by atoms with Crippen LogP contribution < -0.4 is 4.74 Å². The van der Waals surface area contributed by atoms with Crippen LogP contribution in [0.5, 0.6) is 5.75 Å². The molecule has 0 amide bonds.